The van der Waals surface area contributed by atoms with Crippen LogP contribution in [0.2, 0.25) is 0 Å². The van der Waals surface area contributed by atoms with Crippen LogP contribution in [0.1, 0.15) is 44.9 Å². The lowest BCUT2D eigenvalue weighted by Crippen LogP contribution is -2.51. The number of aliphatic hydroxyl groups is 1. The third kappa shape index (κ3) is 1.77. The Labute approximate surface area is 107 Å². The minimum atomic E-state index is -0.818. The second kappa shape index (κ2) is 4.49. The van der Waals surface area contributed by atoms with E-state index in [9.17, 15) is 15.0 Å². The van der Waals surface area contributed by atoms with Gasteiger partial charge in [0.25, 0.3) is 0 Å². The SMILES string of the molecule is O=C(O)C1(C2CCCCC2O)CCOC1C1CC1. The molecule has 18 heavy (non-hydrogen) atoms. The Balaban J connectivity index is 1.91. The zero-order chi connectivity index (χ0) is 12.8. The van der Waals surface area contributed by atoms with E-state index in [2.05, 4.69) is 0 Å². The molecule has 4 heteroatoms. The lowest BCUT2D eigenvalue weighted by Gasteiger charge is -2.42. The Morgan fingerprint density at radius 1 is 1.17 bits per heavy atom. The average molecular weight is 254 g/mol. The zero-order valence-electron chi connectivity index (χ0n) is 10.7. The van der Waals surface area contributed by atoms with Gasteiger partial charge in [0.2, 0.25) is 0 Å². The third-order valence-electron chi connectivity index (χ3n) is 5.16. The van der Waals surface area contributed by atoms with E-state index in [0.29, 0.717) is 18.9 Å². The van der Waals surface area contributed by atoms with Gasteiger partial charge in [0.15, 0.2) is 0 Å². The summed E-state index contributed by atoms with van der Waals surface area (Å²) in [6.07, 6.45) is 5.76. The first-order chi connectivity index (χ1) is 8.66. The summed E-state index contributed by atoms with van der Waals surface area (Å²) in [5, 5.41) is 20.0. The topological polar surface area (TPSA) is 66.8 Å². The van der Waals surface area contributed by atoms with E-state index < -0.39 is 17.5 Å². The minimum Gasteiger partial charge on any atom is -0.481 e. The molecule has 0 aromatic carbocycles. The van der Waals surface area contributed by atoms with Gasteiger partial charge in [-0.25, -0.2) is 0 Å². The molecule has 0 radical (unpaired) electrons. The second-order valence-electron chi connectivity index (χ2n) is 6.18. The van der Waals surface area contributed by atoms with Crippen LogP contribution in [0.4, 0.5) is 0 Å². The van der Waals surface area contributed by atoms with Crippen molar-refractivity contribution < 1.29 is 19.7 Å². The second-order valence-corrected chi connectivity index (χ2v) is 6.18. The van der Waals surface area contributed by atoms with Crippen LogP contribution in [0.25, 0.3) is 0 Å². The summed E-state index contributed by atoms with van der Waals surface area (Å²) in [7, 11) is 0. The van der Waals surface area contributed by atoms with Gasteiger partial charge in [0.1, 0.15) is 5.41 Å². The Bertz CT molecular complexity index is 339. The van der Waals surface area contributed by atoms with E-state index in [1.165, 1.54) is 0 Å². The summed E-state index contributed by atoms with van der Waals surface area (Å²) in [5.74, 6) is -0.447. The third-order valence-corrected chi connectivity index (χ3v) is 5.16. The van der Waals surface area contributed by atoms with Gasteiger partial charge in [-0.15, -0.1) is 0 Å². The molecule has 1 aliphatic heterocycles. The molecule has 3 fully saturated rings. The van der Waals surface area contributed by atoms with Crippen LogP contribution in [0.5, 0.6) is 0 Å². The van der Waals surface area contributed by atoms with Crippen LogP contribution in [0.3, 0.4) is 0 Å². The monoisotopic (exact) mass is 254 g/mol. The van der Waals surface area contributed by atoms with Gasteiger partial charge in [-0.1, -0.05) is 12.8 Å². The molecule has 2 N–H and O–H groups in total. The summed E-state index contributed by atoms with van der Waals surface area (Å²) in [4.78, 5) is 11.9. The zero-order valence-corrected chi connectivity index (χ0v) is 10.7. The maximum absolute atomic E-state index is 11.9. The van der Waals surface area contributed by atoms with E-state index in [1.807, 2.05) is 0 Å². The quantitative estimate of drug-likeness (QED) is 0.806. The molecule has 4 atom stereocenters. The maximum Gasteiger partial charge on any atom is 0.312 e. The average Bonchev–Trinajstić information content (AvgIpc) is 3.09. The number of hydrogen-bond acceptors (Lipinski definition) is 3. The van der Waals surface area contributed by atoms with Crippen molar-refractivity contribution in [2.45, 2.75) is 57.2 Å². The predicted molar refractivity (Wildman–Crippen MR) is 65.1 cm³/mol. The van der Waals surface area contributed by atoms with Crippen molar-refractivity contribution in [2.75, 3.05) is 6.61 Å². The Kier molecular flexibility index (Phi) is 3.10. The maximum atomic E-state index is 11.9. The van der Waals surface area contributed by atoms with Gasteiger partial charge in [-0.2, -0.15) is 0 Å². The lowest BCUT2D eigenvalue weighted by molar-refractivity contribution is -0.165. The van der Waals surface area contributed by atoms with E-state index in [4.69, 9.17) is 4.74 Å². The molecule has 0 bridgehead atoms. The van der Waals surface area contributed by atoms with E-state index in [-0.39, 0.29) is 12.0 Å². The number of aliphatic hydroxyl groups excluding tert-OH is 1. The molecule has 4 nitrogen and oxygen atoms in total. The molecule has 0 aromatic rings. The molecule has 2 aliphatic carbocycles. The van der Waals surface area contributed by atoms with Gasteiger partial charge in [0, 0.05) is 12.5 Å². The number of carboxylic acid groups (broad SMARTS) is 1. The summed E-state index contributed by atoms with van der Waals surface area (Å²) >= 11 is 0. The van der Waals surface area contributed by atoms with Crippen molar-refractivity contribution in [2.24, 2.45) is 17.3 Å². The number of hydrogen-bond donors (Lipinski definition) is 2. The van der Waals surface area contributed by atoms with Crippen LogP contribution in [0, 0.1) is 17.3 Å². The van der Waals surface area contributed by atoms with E-state index in [1.54, 1.807) is 0 Å². The first kappa shape index (κ1) is 12.4. The Morgan fingerprint density at radius 3 is 2.50 bits per heavy atom. The number of carbonyl (C=O) groups is 1. The van der Waals surface area contributed by atoms with Crippen molar-refractivity contribution >= 4 is 5.97 Å². The molecule has 1 heterocycles. The smallest absolute Gasteiger partial charge is 0.312 e. The van der Waals surface area contributed by atoms with E-state index in [0.717, 1.165) is 38.5 Å². The van der Waals surface area contributed by atoms with Gasteiger partial charge < -0.3 is 14.9 Å². The van der Waals surface area contributed by atoms with Gasteiger partial charge in [0.05, 0.1) is 12.2 Å². The summed E-state index contributed by atoms with van der Waals surface area (Å²) in [6.45, 7) is 0.538. The predicted octanol–water partition coefficient (Wildman–Crippen LogP) is 1.81. The van der Waals surface area contributed by atoms with Crippen molar-refractivity contribution in [1.29, 1.82) is 0 Å². The van der Waals surface area contributed by atoms with E-state index >= 15 is 0 Å². The largest absolute Gasteiger partial charge is 0.481 e. The molecule has 4 unspecified atom stereocenters. The van der Waals surface area contributed by atoms with Crippen LogP contribution >= 0.6 is 0 Å². The fourth-order valence-electron chi connectivity index (χ4n) is 4.10. The molecule has 3 aliphatic rings. The van der Waals surface area contributed by atoms with Crippen LogP contribution in [0.15, 0.2) is 0 Å². The number of aliphatic carboxylic acids is 1. The highest BCUT2D eigenvalue weighted by Crippen LogP contribution is 2.54. The van der Waals surface area contributed by atoms with Crippen molar-refractivity contribution in [3.63, 3.8) is 0 Å². The summed E-state index contributed by atoms with van der Waals surface area (Å²) in [6, 6.07) is 0. The molecule has 0 amide bonds. The fourth-order valence-corrected chi connectivity index (χ4v) is 4.10. The van der Waals surface area contributed by atoms with Gasteiger partial charge in [-0.3, -0.25) is 4.79 Å². The van der Waals surface area contributed by atoms with Gasteiger partial charge >= 0.3 is 5.97 Å². The highest BCUT2D eigenvalue weighted by molar-refractivity contribution is 5.76. The Morgan fingerprint density at radius 2 is 1.89 bits per heavy atom. The van der Waals surface area contributed by atoms with Crippen LogP contribution in [-0.2, 0) is 9.53 Å². The van der Waals surface area contributed by atoms with Gasteiger partial charge in [-0.05, 0) is 38.0 Å². The standard InChI is InChI=1S/C14H22O4/c15-11-4-2-1-3-10(11)14(13(16)17)7-8-18-12(14)9-5-6-9/h9-12,15H,1-8H2,(H,16,17). The lowest BCUT2D eigenvalue weighted by atomic mass is 9.63. The normalized spacial score (nSPS) is 45.1. The highest BCUT2D eigenvalue weighted by Gasteiger charge is 2.61. The first-order valence-corrected chi connectivity index (χ1v) is 7.19. The molecule has 3 rings (SSSR count). The van der Waals surface area contributed by atoms with Crippen molar-refractivity contribution in [3.8, 4) is 0 Å². The number of carboxylic acids is 1. The Hall–Kier alpha value is -0.610. The summed E-state index contributed by atoms with van der Waals surface area (Å²) < 4.78 is 5.76. The first-order valence-electron chi connectivity index (χ1n) is 7.19. The van der Waals surface area contributed by atoms with Crippen LogP contribution < -0.4 is 0 Å². The van der Waals surface area contributed by atoms with Crippen molar-refractivity contribution in [1.82, 2.24) is 0 Å². The highest BCUT2D eigenvalue weighted by atomic mass is 16.5. The fraction of sp³-hybridized carbons (Fsp3) is 0.929. The molecule has 0 spiro atoms. The number of rotatable bonds is 3. The molecule has 1 saturated heterocycles. The van der Waals surface area contributed by atoms with Crippen LogP contribution in [-0.4, -0.2) is 35.0 Å². The molecule has 2 saturated carbocycles. The molecular formula is C14H22O4. The number of ether oxygens (including phenoxy) is 1. The molecule has 102 valence electrons. The van der Waals surface area contributed by atoms with Crippen molar-refractivity contribution in [3.05, 3.63) is 0 Å². The molecular weight excluding hydrogens is 232 g/mol. The minimum absolute atomic E-state index is 0.114. The molecule has 0 aromatic heterocycles. The summed E-state index contributed by atoms with van der Waals surface area (Å²) in [5.41, 5.74) is -0.818.